The number of morpholine rings is 1. The summed E-state index contributed by atoms with van der Waals surface area (Å²) >= 11 is 0. The van der Waals surface area contributed by atoms with Crippen molar-refractivity contribution >= 4 is 11.7 Å². The molecule has 0 bridgehead atoms. The average Bonchev–Trinajstić information content (AvgIpc) is 2.68. The van der Waals surface area contributed by atoms with Gasteiger partial charge in [0.05, 0.1) is 19.8 Å². The van der Waals surface area contributed by atoms with Crippen LogP contribution in [0.3, 0.4) is 0 Å². The molecule has 2 aromatic rings. The Balaban J connectivity index is 1.56. The maximum Gasteiger partial charge on any atom is 0.319 e. The number of nitrogens with one attached hydrogen (secondary N) is 3. The van der Waals surface area contributed by atoms with Gasteiger partial charge in [0, 0.05) is 30.9 Å². The second-order valence-corrected chi connectivity index (χ2v) is 5.81. The molecule has 0 spiro atoms. The van der Waals surface area contributed by atoms with Crippen molar-refractivity contribution in [2.75, 3.05) is 38.7 Å². The minimum absolute atomic E-state index is 0.0208. The summed E-state index contributed by atoms with van der Waals surface area (Å²) in [5.74, 6) is 0.821. The molecule has 0 aromatic heterocycles. The van der Waals surface area contributed by atoms with Gasteiger partial charge < -0.3 is 25.4 Å². The van der Waals surface area contributed by atoms with Gasteiger partial charge in [-0.15, -0.1) is 0 Å². The van der Waals surface area contributed by atoms with E-state index in [2.05, 4.69) is 16.0 Å². The lowest BCUT2D eigenvalue weighted by molar-refractivity contribution is 0.0310. The molecule has 1 atom stereocenters. The second-order valence-electron chi connectivity index (χ2n) is 5.81. The largest absolute Gasteiger partial charge is 0.496 e. The fraction of sp³-hybridized carbons (Fsp3) is 0.316. The number of rotatable bonds is 5. The van der Waals surface area contributed by atoms with Gasteiger partial charge in [-0.2, -0.15) is 0 Å². The molecule has 132 valence electrons. The van der Waals surface area contributed by atoms with Crippen molar-refractivity contribution in [1.82, 2.24) is 10.6 Å². The summed E-state index contributed by atoms with van der Waals surface area (Å²) in [5, 5.41) is 8.89. The van der Waals surface area contributed by atoms with Gasteiger partial charge in [0.25, 0.3) is 0 Å². The highest BCUT2D eigenvalue weighted by Crippen LogP contribution is 2.30. The van der Waals surface area contributed by atoms with Crippen molar-refractivity contribution in [3.05, 3.63) is 48.5 Å². The third kappa shape index (κ3) is 4.71. The number of methoxy groups -OCH3 is 1. The van der Waals surface area contributed by atoms with Crippen molar-refractivity contribution in [2.45, 2.75) is 6.10 Å². The molecule has 2 aromatic carbocycles. The fourth-order valence-corrected chi connectivity index (χ4v) is 2.75. The van der Waals surface area contributed by atoms with Crippen LogP contribution in [0.2, 0.25) is 0 Å². The zero-order valence-electron chi connectivity index (χ0n) is 14.2. The Hall–Kier alpha value is -2.57. The zero-order chi connectivity index (χ0) is 17.5. The van der Waals surface area contributed by atoms with E-state index in [1.807, 2.05) is 48.5 Å². The summed E-state index contributed by atoms with van der Waals surface area (Å²) in [6.45, 7) is 2.78. The van der Waals surface area contributed by atoms with E-state index >= 15 is 0 Å². The molecule has 0 unspecified atom stereocenters. The van der Waals surface area contributed by atoms with Crippen LogP contribution in [0.4, 0.5) is 10.5 Å². The molecule has 6 nitrogen and oxygen atoms in total. The number of hydrogen-bond acceptors (Lipinski definition) is 4. The molecule has 2 amide bonds. The first-order valence-electron chi connectivity index (χ1n) is 8.37. The summed E-state index contributed by atoms with van der Waals surface area (Å²) in [7, 11) is 1.66. The summed E-state index contributed by atoms with van der Waals surface area (Å²) in [6, 6.07) is 15.3. The molecular weight excluding hydrogens is 318 g/mol. The number of carbonyl (C=O) groups is 1. The highest BCUT2D eigenvalue weighted by atomic mass is 16.5. The zero-order valence-corrected chi connectivity index (χ0v) is 14.2. The van der Waals surface area contributed by atoms with Crippen LogP contribution in [0.5, 0.6) is 5.75 Å². The molecule has 0 saturated carbocycles. The van der Waals surface area contributed by atoms with Crippen LogP contribution >= 0.6 is 0 Å². The first-order valence-corrected chi connectivity index (χ1v) is 8.37. The molecule has 0 radical (unpaired) electrons. The lowest BCUT2D eigenvalue weighted by atomic mass is 10.0. The van der Waals surface area contributed by atoms with Crippen LogP contribution in [0.25, 0.3) is 11.1 Å². The smallest absolute Gasteiger partial charge is 0.319 e. The molecule has 25 heavy (non-hydrogen) atoms. The molecule has 3 N–H and O–H groups in total. The minimum atomic E-state index is -0.237. The van der Waals surface area contributed by atoms with Crippen molar-refractivity contribution < 1.29 is 14.3 Å². The maximum absolute atomic E-state index is 12.0. The van der Waals surface area contributed by atoms with Crippen molar-refractivity contribution in [3.63, 3.8) is 0 Å². The summed E-state index contributed by atoms with van der Waals surface area (Å²) in [5.41, 5.74) is 2.78. The summed E-state index contributed by atoms with van der Waals surface area (Å²) < 4.78 is 10.9. The number of hydrogen-bond donors (Lipinski definition) is 3. The predicted octanol–water partition coefficient (Wildman–Crippen LogP) is 2.47. The Morgan fingerprint density at radius 2 is 2.04 bits per heavy atom. The van der Waals surface area contributed by atoms with Gasteiger partial charge >= 0.3 is 6.03 Å². The van der Waals surface area contributed by atoms with Gasteiger partial charge in [0.2, 0.25) is 0 Å². The predicted molar refractivity (Wildman–Crippen MR) is 98.1 cm³/mol. The van der Waals surface area contributed by atoms with Gasteiger partial charge in [0.15, 0.2) is 0 Å². The van der Waals surface area contributed by atoms with Crippen LogP contribution in [-0.4, -0.2) is 45.5 Å². The number of amides is 2. The molecule has 1 saturated heterocycles. The quantitative estimate of drug-likeness (QED) is 0.781. The van der Waals surface area contributed by atoms with Crippen LogP contribution < -0.4 is 20.7 Å². The standard InChI is InChI=1S/C19H23N3O3/c1-24-18-5-3-2-4-17(18)14-6-8-15(9-7-14)22-19(23)21-13-16-12-20-10-11-25-16/h2-9,16,20H,10-13H2,1H3,(H2,21,22,23)/t16-/m0/s1. The van der Waals surface area contributed by atoms with Gasteiger partial charge in [-0.25, -0.2) is 4.79 Å². The molecule has 6 heteroatoms. The molecule has 1 fully saturated rings. The molecule has 1 aliphatic rings. The van der Waals surface area contributed by atoms with Crippen molar-refractivity contribution in [1.29, 1.82) is 0 Å². The molecular formula is C19H23N3O3. The van der Waals surface area contributed by atoms with Crippen LogP contribution in [0.1, 0.15) is 0 Å². The van der Waals surface area contributed by atoms with Gasteiger partial charge in [0.1, 0.15) is 5.75 Å². The molecule has 0 aliphatic carbocycles. The van der Waals surface area contributed by atoms with E-state index in [9.17, 15) is 4.79 Å². The first-order chi connectivity index (χ1) is 12.3. The molecule has 1 heterocycles. The summed E-state index contributed by atoms with van der Waals surface area (Å²) in [6.07, 6.45) is 0.0208. The van der Waals surface area contributed by atoms with E-state index in [0.29, 0.717) is 13.2 Å². The SMILES string of the molecule is COc1ccccc1-c1ccc(NC(=O)NC[C@@H]2CNCCO2)cc1. The first kappa shape index (κ1) is 17.3. The lowest BCUT2D eigenvalue weighted by Crippen LogP contribution is -2.45. The fourth-order valence-electron chi connectivity index (χ4n) is 2.75. The Kier molecular flexibility index (Phi) is 5.87. The van der Waals surface area contributed by atoms with Gasteiger partial charge in [-0.3, -0.25) is 0 Å². The third-order valence-electron chi connectivity index (χ3n) is 4.06. The number of benzene rings is 2. The maximum atomic E-state index is 12.0. The highest BCUT2D eigenvalue weighted by Gasteiger charge is 2.14. The van der Waals surface area contributed by atoms with E-state index < -0.39 is 0 Å². The number of para-hydroxylation sites is 1. The van der Waals surface area contributed by atoms with E-state index in [-0.39, 0.29) is 12.1 Å². The van der Waals surface area contributed by atoms with Gasteiger partial charge in [-0.05, 0) is 23.8 Å². The van der Waals surface area contributed by atoms with Crippen LogP contribution in [0.15, 0.2) is 48.5 Å². The van der Waals surface area contributed by atoms with Crippen molar-refractivity contribution in [2.24, 2.45) is 0 Å². The Morgan fingerprint density at radius 3 is 2.76 bits per heavy atom. The topological polar surface area (TPSA) is 71.6 Å². The normalized spacial score (nSPS) is 16.9. The number of urea groups is 1. The number of ether oxygens (including phenoxy) is 2. The molecule has 1 aliphatic heterocycles. The minimum Gasteiger partial charge on any atom is -0.496 e. The van der Waals surface area contributed by atoms with Crippen molar-refractivity contribution in [3.8, 4) is 16.9 Å². The average molecular weight is 341 g/mol. The third-order valence-corrected chi connectivity index (χ3v) is 4.06. The Morgan fingerprint density at radius 1 is 1.24 bits per heavy atom. The second kappa shape index (κ2) is 8.50. The Labute approximate surface area is 147 Å². The summed E-state index contributed by atoms with van der Waals surface area (Å²) in [4.78, 5) is 12.0. The monoisotopic (exact) mass is 341 g/mol. The highest BCUT2D eigenvalue weighted by molar-refractivity contribution is 5.89. The van der Waals surface area contributed by atoms with Crippen LogP contribution in [-0.2, 0) is 4.74 Å². The van der Waals surface area contributed by atoms with Crippen LogP contribution in [0, 0.1) is 0 Å². The van der Waals surface area contributed by atoms with E-state index in [4.69, 9.17) is 9.47 Å². The van der Waals surface area contributed by atoms with E-state index in [1.54, 1.807) is 7.11 Å². The number of anilines is 1. The van der Waals surface area contributed by atoms with E-state index in [0.717, 1.165) is 35.7 Å². The van der Waals surface area contributed by atoms with E-state index in [1.165, 1.54) is 0 Å². The molecule has 3 rings (SSSR count). The Bertz CT molecular complexity index is 697. The lowest BCUT2D eigenvalue weighted by Gasteiger charge is -2.23. The number of carbonyl (C=O) groups excluding carboxylic acids is 1. The van der Waals surface area contributed by atoms with Gasteiger partial charge in [-0.1, -0.05) is 30.3 Å².